The van der Waals surface area contributed by atoms with Crippen molar-refractivity contribution >= 4 is 27.6 Å². The van der Waals surface area contributed by atoms with Crippen molar-refractivity contribution in [3.8, 4) is 0 Å². The van der Waals surface area contributed by atoms with Crippen molar-refractivity contribution in [1.29, 1.82) is 0 Å². The van der Waals surface area contributed by atoms with E-state index in [0.717, 1.165) is 15.7 Å². The monoisotopic (exact) mass is 323 g/mol. The summed E-state index contributed by atoms with van der Waals surface area (Å²) in [6.07, 6.45) is 1.37. The number of carboxylic acids is 1. The van der Waals surface area contributed by atoms with Gasteiger partial charge in [0.2, 0.25) is 0 Å². The van der Waals surface area contributed by atoms with Crippen molar-refractivity contribution in [3.63, 3.8) is 0 Å². The van der Waals surface area contributed by atoms with Crippen molar-refractivity contribution in [1.82, 2.24) is 9.78 Å². The van der Waals surface area contributed by atoms with Gasteiger partial charge in [-0.05, 0) is 24.6 Å². The van der Waals surface area contributed by atoms with Gasteiger partial charge >= 0.3 is 5.97 Å². The highest BCUT2D eigenvalue weighted by Gasteiger charge is 2.14. The predicted octanol–water partition coefficient (Wildman–Crippen LogP) is 2.80. The summed E-state index contributed by atoms with van der Waals surface area (Å²) in [5.41, 5.74) is 2.93. The van der Waals surface area contributed by atoms with Gasteiger partial charge in [0.15, 0.2) is 0 Å². The molecule has 0 amide bonds. The number of benzene rings is 1. The number of carboxylic acid groups (broad SMARTS) is 1. The summed E-state index contributed by atoms with van der Waals surface area (Å²) < 4.78 is 2.55. The van der Waals surface area contributed by atoms with Crippen LogP contribution in [0.25, 0.3) is 0 Å². The topological polar surface area (TPSA) is 67.2 Å². The number of anilines is 1. The molecule has 19 heavy (non-hydrogen) atoms. The summed E-state index contributed by atoms with van der Waals surface area (Å²) >= 11 is 3.42. The predicted molar refractivity (Wildman–Crippen MR) is 76.4 cm³/mol. The number of nitrogens with zero attached hydrogens (tertiary/aromatic N) is 2. The molecule has 100 valence electrons. The summed E-state index contributed by atoms with van der Waals surface area (Å²) in [5.74, 6) is -0.962. The molecule has 5 nitrogen and oxygen atoms in total. The third kappa shape index (κ3) is 2.96. The second-order valence-electron chi connectivity index (χ2n) is 4.25. The molecule has 6 heteroatoms. The molecule has 1 aromatic carbocycles. The van der Waals surface area contributed by atoms with Gasteiger partial charge in [0.05, 0.1) is 18.4 Å². The van der Waals surface area contributed by atoms with Gasteiger partial charge in [-0.1, -0.05) is 22.0 Å². The van der Waals surface area contributed by atoms with E-state index < -0.39 is 5.97 Å². The van der Waals surface area contributed by atoms with E-state index >= 15 is 0 Å². The molecule has 0 aliphatic heterocycles. The van der Waals surface area contributed by atoms with E-state index in [1.807, 2.05) is 25.1 Å². The zero-order valence-electron chi connectivity index (χ0n) is 10.6. The fourth-order valence-corrected chi connectivity index (χ4v) is 2.18. The van der Waals surface area contributed by atoms with Crippen LogP contribution in [0.2, 0.25) is 0 Å². The summed E-state index contributed by atoms with van der Waals surface area (Å²) in [7, 11) is 1.73. The zero-order chi connectivity index (χ0) is 14.0. The first kappa shape index (κ1) is 13.6. The second-order valence-corrected chi connectivity index (χ2v) is 5.16. The maximum absolute atomic E-state index is 11.1. The molecule has 0 aliphatic carbocycles. The maximum atomic E-state index is 11.1. The van der Waals surface area contributed by atoms with Crippen LogP contribution in [0.4, 0.5) is 5.69 Å². The van der Waals surface area contributed by atoms with E-state index in [9.17, 15) is 4.79 Å². The maximum Gasteiger partial charge on any atom is 0.339 e. The van der Waals surface area contributed by atoms with Crippen LogP contribution in [0.1, 0.15) is 21.6 Å². The lowest BCUT2D eigenvalue weighted by Crippen LogP contribution is -2.10. The Morgan fingerprint density at radius 3 is 2.95 bits per heavy atom. The molecule has 0 fully saturated rings. The van der Waals surface area contributed by atoms with E-state index in [0.29, 0.717) is 12.2 Å². The first-order valence-corrected chi connectivity index (χ1v) is 6.52. The van der Waals surface area contributed by atoms with Crippen LogP contribution < -0.4 is 5.32 Å². The molecule has 0 spiro atoms. The largest absolute Gasteiger partial charge is 0.478 e. The number of carbonyl (C=O) groups is 1. The van der Waals surface area contributed by atoms with Crippen LogP contribution >= 0.6 is 15.9 Å². The Bertz CT molecular complexity index is 622. The summed E-state index contributed by atoms with van der Waals surface area (Å²) in [6.45, 7) is 2.41. The van der Waals surface area contributed by atoms with E-state index in [1.165, 1.54) is 6.20 Å². The normalized spacial score (nSPS) is 10.5. The molecule has 0 bridgehead atoms. The van der Waals surface area contributed by atoms with Crippen molar-refractivity contribution in [2.45, 2.75) is 13.5 Å². The highest BCUT2D eigenvalue weighted by atomic mass is 79.9. The van der Waals surface area contributed by atoms with Gasteiger partial charge in [-0.15, -0.1) is 0 Å². The van der Waals surface area contributed by atoms with Gasteiger partial charge in [0.25, 0.3) is 0 Å². The lowest BCUT2D eigenvalue weighted by Gasteiger charge is -2.11. The fourth-order valence-electron chi connectivity index (χ4n) is 1.81. The molecule has 0 atom stereocenters. The summed E-state index contributed by atoms with van der Waals surface area (Å²) in [5, 5.41) is 16.3. The Morgan fingerprint density at radius 2 is 2.26 bits per heavy atom. The Balaban J connectivity index is 2.21. The molecule has 2 rings (SSSR count). The zero-order valence-corrected chi connectivity index (χ0v) is 12.2. The first-order valence-electron chi connectivity index (χ1n) is 5.73. The smallest absolute Gasteiger partial charge is 0.339 e. The molecule has 2 N–H and O–H groups in total. The molecule has 2 aromatic rings. The summed E-state index contributed by atoms with van der Waals surface area (Å²) in [4.78, 5) is 11.1. The molecule has 1 aromatic heterocycles. The van der Waals surface area contributed by atoms with Crippen LogP contribution in [0.3, 0.4) is 0 Å². The lowest BCUT2D eigenvalue weighted by molar-refractivity contribution is 0.0695. The van der Waals surface area contributed by atoms with E-state index in [4.69, 9.17) is 5.11 Å². The second kappa shape index (κ2) is 5.44. The highest BCUT2D eigenvalue weighted by molar-refractivity contribution is 9.10. The number of hydrogen-bond acceptors (Lipinski definition) is 3. The molecule has 0 saturated carbocycles. The third-order valence-electron chi connectivity index (χ3n) is 2.94. The standard InChI is InChI=1S/C13H14BrN3O2/c1-8-3-4-9(14)5-11(8)15-7-12-10(13(18)19)6-16-17(12)2/h3-6,15H,7H2,1-2H3,(H,18,19). The molecule has 1 heterocycles. The molecular formula is C13H14BrN3O2. The number of hydrogen-bond donors (Lipinski definition) is 2. The molecule has 0 radical (unpaired) electrons. The number of nitrogens with one attached hydrogen (secondary N) is 1. The Hall–Kier alpha value is -1.82. The Morgan fingerprint density at radius 1 is 1.53 bits per heavy atom. The fraction of sp³-hybridized carbons (Fsp3) is 0.231. The minimum atomic E-state index is -0.962. The highest BCUT2D eigenvalue weighted by Crippen LogP contribution is 2.21. The van der Waals surface area contributed by atoms with Crippen LogP contribution in [-0.2, 0) is 13.6 Å². The molecular weight excluding hydrogens is 310 g/mol. The van der Waals surface area contributed by atoms with Gasteiger partial charge < -0.3 is 10.4 Å². The van der Waals surface area contributed by atoms with Crippen molar-refractivity contribution in [3.05, 3.63) is 45.7 Å². The van der Waals surface area contributed by atoms with Gasteiger partial charge in [-0.25, -0.2) is 4.79 Å². The van der Waals surface area contributed by atoms with Crippen LogP contribution in [0, 0.1) is 6.92 Å². The number of aryl methyl sites for hydroxylation is 2. The van der Waals surface area contributed by atoms with E-state index in [-0.39, 0.29) is 5.56 Å². The average Bonchev–Trinajstić information content (AvgIpc) is 2.72. The minimum absolute atomic E-state index is 0.225. The SMILES string of the molecule is Cc1ccc(Br)cc1NCc1c(C(=O)O)cnn1C. The van der Waals surface area contributed by atoms with Gasteiger partial charge in [0, 0.05) is 17.2 Å². The van der Waals surface area contributed by atoms with Crippen molar-refractivity contribution in [2.24, 2.45) is 7.05 Å². The minimum Gasteiger partial charge on any atom is -0.478 e. The van der Waals surface area contributed by atoms with Crippen molar-refractivity contribution < 1.29 is 9.90 Å². The first-order chi connectivity index (χ1) is 8.99. The lowest BCUT2D eigenvalue weighted by atomic mass is 10.2. The Labute approximate surface area is 119 Å². The van der Waals surface area contributed by atoms with Gasteiger partial charge in [-0.3, -0.25) is 4.68 Å². The number of aromatic nitrogens is 2. The Kier molecular flexibility index (Phi) is 3.90. The van der Waals surface area contributed by atoms with Gasteiger partial charge in [0.1, 0.15) is 5.56 Å². The van der Waals surface area contributed by atoms with Gasteiger partial charge in [-0.2, -0.15) is 5.10 Å². The molecule has 0 saturated heterocycles. The van der Waals surface area contributed by atoms with E-state index in [2.05, 4.69) is 26.3 Å². The van der Waals surface area contributed by atoms with Crippen LogP contribution in [-0.4, -0.2) is 20.9 Å². The third-order valence-corrected chi connectivity index (χ3v) is 3.43. The average molecular weight is 324 g/mol. The summed E-state index contributed by atoms with van der Waals surface area (Å²) in [6, 6.07) is 5.92. The van der Waals surface area contributed by atoms with Crippen LogP contribution in [0.5, 0.6) is 0 Å². The number of aromatic carboxylic acids is 1. The number of halogens is 1. The van der Waals surface area contributed by atoms with Crippen LogP contribution in [0.15, 0.2) is 28.9 Å². The van der Waals surface area contributed by atoms with Crippen molar-refractivity contribution in [2.75, 3.05) is 5.32 Å². The molecule has 0 unspecified atom stereocenters. The van der Waals surface area contributed by atoms with E-state index in [1.54, 1.807) is 11.7 Å². The quantitative estimate of drug-likeness (QED) is 0.907. The number of rotatable bonds is 4. The molecule has 0 aliphatic rings.